The van der Waals surface area contributed by atoms with Gasteiger partial charge in [0.15, 0.2) is 11.5 Å². The van der Waals surface area contributed by atoms with Gasteiger partial charge in [-0.1, -0.05) is 0 Å². The van der Waals surface area contributed by atoms with Gasteiger partial charge in [-0.2, -0.15) is 0 Å². The average Bonchev–Trinajstić information content (AvgIpc) is 2.29. The van der Waals surface area contributed by atoms with Gasteiger partial charge in [-0.25, -0.2) is 24.7 Å². The van der Waals surface area contributed by atoms with Crippen LogP contribution in [0.1, 0.15) is 16.2 Å². The number of nitrogens with zero attached hydrogens (tertiary/aromatic N) is 4. The lowest BCUT2D eigenvalue weighted by molar-refractivity contribution is 0.0690. The van der Waals surface area contributed by atoms with Crippen molar-refractivity contribution in [3.8, 4) is 11.5 Å². The Morgan fingerprint density at radius 3 is 2.81 bits per heavy atom. The molecule has 0 unspecified atom stereocenters. The maximum atomic E-state index is 10.7. The minimum absolute atomic E-state index is 0.0544. The molecule has 2 rings (SSSR count). The lowest BCUT2D eigenvalue weighted by atomic mass is 10.3. The molecule has 0 radical (unpaired) electrons. The summed E-state index contributed by atoms with van der Waals surface area (Å²) in [5.74, 6) is -0.806. The molecule has 0 saturated heterocycles. The van der Waals surface area contributed by atoms with Crippen molar-refractivity contribution in [2.24, 2.45) is 0 Å². The van der Waals surface area contributed by atoms with Crippen LogP contribution in [0.15, 0.2) is 24.7 Å². The quantitative estimate of drug-likeness (QED) is 0.803. The molecule has 0 aliphatic carbocycles. The maximum Gasteiger partial charge on any atom is 0.354 e. The molecule has 2 aromatic heterocycles. The number of carboxylic acid groups (broad SMARTS) is 1. The van der Waals surface area contributed by atoms with Crippen molar-refractivity contribution < 1.29 is 9.90 Å². The standard InChI is InChI=1S/C10H8N4O2/c1-6-4-8(13-5-12-6)9-11-3-2-7(14-9)10(15)16/h2-5H,1H3,(H,15,16). The minimum atomic E-state index is -1.09. The fraction of sp³-hybridized carbons (Fsp3) is 0.100. The van der Waals surface area contributed by atoms with Crippen LogP contribution in [0, 0.1) is 6.92 Å². The summed E-state index contributed by atoms with van der Waals surface area (Å²) in [5, 5.41) is 8.79. The fourth-order valence-corrected chi connectivity index (χ4v) is 1.18. The second kappa shape index (κ2) is 4.01. The first-order valence-electron chi connectivity index (χ1n) is 4.52. The smallest absolute Gasteiger partial charge is 0.354 e. The van der Waals surface area contributed by atoms with Gasteiger partial charge in [0, 0.05) is 11.9 Å². The number of aromatic carboxylic acids is 1. The Balaban J connectivity index is 2.48. The molecular weight excluding hydrogens is 208 g/mol. The average molecular weight is 216 g/mol. The molecule has 2 heterocycles. The van der Waals surface area contributed by atoms with Gasteiger partial charge in [0.25, 0.3) is 0 Å². The van der Waals surface area contributed by atoms with Crippen LogP contribution in [-0.4, -0.2) is 31.0 Å². The molecule has 0 aliphatic heterocycles. The van der Waals surface area contributed by atoms with Crippen molar-refractivity contribution in [3.63, 3.8) is 0 Å². The molecule has 0 saturated carbocycles. The van der Waals surface area contributed by atoms with Crippen LogP contribution in [0.2, 0.25) is 0 Å². The Morgan fingerprint density at radius 2 is 2.12 bits per heavy atom. The first-order valence-corrected chi connectivity index (χ1v) is 4.52. The van der Waals surface area contributed by atoms with E-state index in [1.54, 1.807) is 6.07 Å². The number of hydrogen-bond acceptors (Lipinski definition) is 5. The van der Waals surface area contributed by atoms with Crippen LogP contribution in [0.4, 0.5) is 0 Å². The van der Waals surface area contributed by atoms with Gasteiger partial charge in [-0.15, -0.1) is 0 Å². The second-order valence-corrected chi connectivity index (χ2v) is 3.12. The molecule has 6 nitrogen and oxygen atoms in total. The first kappa shape index (κ1) is 10.2. The van der Waals surface area contributed by atoms with Crippen LogP contribution >= 0.6 is 0 Å². The summed E-state index contributed by atoms with van der Waals surface area (Å²) < 4.78 is 0. The Kier molecular flexibility index (Phi) is 2.55. The molecule has 16 heavy (non-hydrogen) atoms. The Labute approximate surface area is 91.1 Å². The number of rotatable bonds is 2. The fourth-order valence-electron chi connectivity index (χ4n) is 1.18. The molecule has 0 atom stereocenters. The van der Waals surface area contributed by atoms with Crippen molar-refractivity contribution >= 4 is 5.97 Å². The highest BCUT2D eigenvalue weighted by atomic mass is 16.4. The van der Waals surface area contributed by atoms with E-state index >= 15 is 0 Å². The third kappa shape index (κ3) is 2.00. The normalized spacial score (nSPS) is 10.1. The molecule has 0 amide bonds. The van der Waals surface area contributed by atoms with E-state index in [0.29, 0.717) is 5.69 Å². The number of carboxylic acids is 1. The van der Waals surface area contributed by atoms with E-state index in [9.17, 15) is 4.79 Å². The van der Waals surface area contributed by atoms with E-state index in [0.717, 1.165) is 5.69 Å². The van der Waals surface area contributed by atoms with Gasteiger partial charge in [-0.3, -0.25) is 0 Å². The molecule has 0 spiro atoms. The lowest BCUT2D eigenvalue weighted by Gasteiger charge is -2.00. The monoisotopic (exact) mass is 216 g/mol. The van der Waals surface area contributed by atoms with Crippen molar-refractivity contribution in [3.05, 3.63) is 36.0 Å². The molecule has 0 bridgehead atoms. The van der Waals surface area contributed by atoms with Crippen LogP contribution in [-0.2, 0) is 0 Å². The minimum Gasteiger partial charge on any atom is -0.477 e. The van der Waals surface area contributed by atoms with E-state index in [-0.39, 0.29) is 11.5 Å². The molecule has 2 aromatic rings. The summed E-state index contributed by atoms with van der Waals surface area (Å²) >= 11 is 0. The zero-order valence-electron chi connectivity index (χ0n) is 8.45. The van der Waals surface area contributed by atoms with E-state index in [4.69, 9.17) is 5.11 Å². The highest BCUT2D eigenvalue weighted by Gasteiger charge is 2.08. The number of hydrogen-bond donors (Lipinski definition) is 1. The van der Waals surface area contributed by atoms with Crippen LogP contribution in [0.5, 0.6) is 0 Å². The number of carbonyl (C=O) groups is 1. The summed E-state index contributed by atoms with van der Waals surface area (Å²) in [6, 6.07) is 3.03. The topological polar surface area (TPSA) is 88.9 Å². The number of aryl methyl sites for hydroxylation is 1. The van der Waals surface area contributed by atoms with Gasteiger partial charge in [-0.05, 0) is 19.1 Å². The summed E-state index contributed by atoms with van der Waals surface area (Å²) in [6.07, 6.45) is 2.78. The van der Waals surface area contributed by atoms with Gasteiger partial charge >= 0.3 is 5.97 Å². The third-order valence-corrected chi connectivity index (χ3v) is 1.91. The predicted octanol–water partition coefficient (Wildman–Crippen LogP) is 0.940. The molecule has 0 aliphatic rings. The summed E-state index contributed by atoms with van der Waals surface area (Å²) in [6.45, 7) is 1.81. The van der Waals surface area contributed by atoms with Crippen LogP contribution in [0.25, 0.3) is 11.5 Å². The van der Waals surface area contributed by atoms with Gasteiger partial charge in [0.1, 0.15) is 12.0 Å². The van der Waals surface area contributed by atoms with Crippen molar-refractivity contribution in [2.45, 2.75) is 6.92 Å². The van der Waals surface area contributed by atoms with Crippen molar-refractivity contribution in [1.82, 2.24) is 19.9 Å². The largest absolute Gasteiger partial charge is 0.477 e. The molecule has 0 fully saturated rings. The summed E-state index contributed by atoms with van der Waals surface area (Å²) in [7, 11) is 0. The SMILES string of the molecule is Cc1cc(-c2nccc(C(=O)O)n2)ncn1. The van der Waals surface area contributed by atoms with E-state index in [1.807, 2.05) is 6.92 Å². The van der Waals surface area contributed by atoms with Gasteiger partial charge < -0.3 is 5.11 Å². The Morgan fingerprint density at radius 1 is 1.31 bits per heavy atom. The number of aromatic nitrogens is 4. The first-order chi connectivity index (χ1) is 7.66. The lowest BCUT2D eigenvalue weighted by Crippen LogP contribution is -2.03. The van der Waals surface area contributed by atoms with Gasteiger partial charge in [0.2, 0.25) is 0 Å². The zero-order chi connectivity index (χ0) is 11.5. The van der Waals surface area contributed by atoms with Crippen molar-refractivity contribution in [2.75, 3.05) is 0 Å². The van der Waals surface area contributed by atoms with E-state index < -0.39 is 5.97 Å². The highest BCUT2D eigenvalue weighted by Crippen LogP contribution is 2.11. The molecule has 6 heteroatoms. The second-order valence-electron chi connectivity index (χ2n) is 3.12. The highest BCUT2D eigenvalue weighted by molar-refractivity contribution is 5.85. The molecule has 0 aromatic carbocycles. The van der Waals surface area contributed by atoms with Crippen LogP contribution < -0.4 is 0 Å². The Hall–Kier alpha value is -2.37. The summed E-state index contributed by atoms with van der Waals surface area (Å²) in [4.78, 5) is 26.5. The molecule has 1 N–H and O–H groups in total. The summed E-state index contributed by atoms with van der Waals surface area (Å²) in [5.41, 5.74) is 1.23. The Bertz CT molecular complexity index is 542. The maximum absolute atomic E-state index is 10.7. The van der Waals surface area contributed by atoms with E-state index in [1.165, 1.54) is 18.6 Å². The predicted molar refractivity (Wildman–Crippen MR) is 54.8 cm³/mol. The van der Waals surface area contributed by atoms with Crippen LogP contribution in [0.3, 0.4) is 0 Å². The van der Waals surface area contributed by atoms with Crippen molar-refractivity contribution in [1.29, 1.82) is 0 Å². The van der Waals surface area contributed by atoms with Gasteiger partial charge in [0.05, 0.1) is 0 Å². The molecular formula is C10H8N4O2. The van der Waals surface area contributed by atoms with E-state index in [2.05, 4.69) is 19.9 Å². The zero-order valence-corrected chi connectivity index (χ0v) is 8.45. The third-order valence-electron chi connectivity index (χ3n) is 1.91. The molecule has 80 valence electrons.